The average molecular weight is 351 g/mol. The summed E-state index contributed by atoms with van der Waals surface area (Å²) in [4.78, 5) is 18.9. The highest BCUT2D eigenvalue weighted by Gasteiger charge is 2.24. The van der Waals surface area contributed by atoms with Crippen LogP contribution in [0.3, 0.4) is 0 Å². The summed E-state index contributed by atoms with van der Waals surface area (Å²) in [5.41, 5.74) is 2.26. The van der Waals surface area contributed by atoms with Crippen molar-refractivity contribution in [2.75, 3.05) is 11.4 Å². The number of benzene rings is 2. The molecule has 0 aliphatic carbocycles. The fourth-order valence-corrected chi connectivity index (χ4v) is 3.28. The first-order chi connectivity index (χ1) is 12.2. The summed E-state index contributed by atoms with van der Waals surface area (Å²) in [5.74, 6) is -0.0753. The molecule has 0 saturated carbocycles. The minimum absolute atomic E-state index is 0.0753. The number of carbonyl (C=O) groups excluding carboxylic acids is 1. The Hall–Kier alpha value is -2.78. The van der Waals surface area contributed by atoms with Gasteiger partial charge >= 0.3 is 0 Å². The normalized spacial score (nSPS) is 11.8. The lowest BCUT2D eigenvalue weighted by Gasteiger charge is -2.24. The molecule has 5 nitrogen and oxygen atoms in total. The second-order valence-corrected chi connectivity index (χ2v) is 6.73. The molecule has 0 bridgehead atoms. The standard InChI is InChI=1S/C19H17N3O2S/c1-14(25-19-21-16-10-5-6-11-17(16)24-19)18(23)22(13-7-12-20)15-8-3-2-4-9-15/h2-6,8-11,14H,7,13H2,1H3. The molecule has 0 aliphatic rings. The van der Waals surface area contributed by atoms with Crippen LogP contribution in [0.1, 0.15) is 13.3 Å². The van der Waals surface area contributed by atoms with E-state index in [4.69, 9.17) is 9.68 Å². The van der Waals surface area contributed by atoms with Crippen LogP contribution in [0.5, 0.6) is 0 Å². The van der Waals surface area contributed by atoms with Gasteiger partial charge in [0.1, 0.15) is 5.52 Å². The van der Waals surface area contributed by atoms with Crippen LogP contribution in [0.4, 0.5) is 5.69 Å². The summed E-state index contributed by atoms with van der Waals surface area (Å²) in [7, 11) is 0. The van der Waals surface area contributed by atoms with Gasteiger partial charge in [-0.1, -0.05) is 42.1 Å². The molecular weight excluding hydrogens is 334 g/mol. The third kappa shape index (κ3) is 4.01. The monoisotopic (exact) mass is 351 g/mol. The first-order valence-electron chi connectivity index (χ1n) is 7.94. The molecule has 0 N–H and O–H groups in total. The Kier molecular flexibility index (Phi) is 5.36. The molecule has 1 heterocycles. The first-order valence-corrected chi connectivity index (χ1v) is 8.82. The van der Waals surface area contributed by atoms with E-state index >= 15 is 0 Å². The molecule has 2 aromatic carbocycles. The Bertz CT molecular complexity index is 869. The van der Waals surface area contributed by atoms with Gasteiger partial charge in [0, 0.05) is 12.2 Å². The molecule has 1 atom stereocenters. The maximum Gasteiger partial charge on any atom is 0.257 e. The van der Waals surface area contributed by atoms with Crippen molar-refractivity contribution in [3.63, 3.8) is 0 Å². The summed E-state index contributed by atoms with van der Waals surface area (Å²) in [6, 6.07) is 19.0. The Morgan fingerprint density at radius 1 is 1.24 bits per heavy atom. The van der Waals surface area contributed by atoms with Crippen molar-refractivity contribution >= 4 is 34.5 Å². The molecule has 3 aromatic rings. The van der Waals surface area contributed by atoms with Gasteiger partial charge in [0.05, 0.1) is 17.7 Å². The van der Waals surface area contributed by atoms with E-state index in [-0.39, 0.29) is 17.6 Å². The molecule has 1 aromatic heterocycles. The van der Waals surface area contributed by atoms with Gasteiger partial charge in [-0.05, 0) is 31.2 Å². The van der Waals surface area contributed by atoms with Crippen molar-refractivity contribution in [1.29, 1.82) is 5.26 Å². The van der Waals surface area contributed by atoms with Crippen LogP contribution >= 0.6 is 11.8 Å². The highest BCUT2D eigenvalue weighted by Crippen LogP contribution is 2.28. The fraction of sp³-hybridized carbons (Fsp3) is 0.211. The minimum atomic E-state index is -0.382. The molecule has 3 rings (SSSR count). The van der Waals surface area contributed by atoms with Crippen molar-refractivity contribution in [3.05, 3.63) is 54.6 Å². The maximum absolute atomic E-state index is 12.9. The highest BCUT2D eigenvalue weighted by atomic mass is 32.2. The van der Waals surface area contributed by atoms with Crippen LogP contribution in [-0.4, -0.2) is 22.7 Å². The summed E-state index contributed by atoms with van der Waals surface area (Å²) in [6.07, 6.45) is 0.279. The maximum atomic E-state index is 12.9. The minimum Gasteiger partial charge on any atom is -0.431 e. The number of aromatic nitrogens is 1. The number of amides is 1. The van der Waals surface area contributed by atoms with E-state index in [9.17, 15) is 4.79 Å². The smallest absolute Gasteiger partial charge is 0.257 e. The summed E-state index contributed by atoms with van der Waals surface area (Å²) < 4.78 is 5.68. The predicted octanol–water partition coefficient (Wildman–Crippen LogP) is 4.26. The Morgan fingerprint density at radius 3 is 2.68 bits per heavy atom. The summed E-state index contributed by atoms with van der Waals surface area (Å²) in [6.45, 7) is 2.18. The van der Waals surface area contributed by atoms with Gasteiger partial charge in [0.15, 0.2) is 5.58 Å². The molecule has 0 spiro atoms. The zero-order valence-electron chi connectivity index (χ0n) is 13.8. The van der Waals surface area contributed by atoms with Crippen LogP contribution in [0.25, 0.3) is 11.1 Å². The molecule has 1 amide bonds. The van der Waals surface area contributed by atoms with E-state index in [2.05, 4.69) is 11.1 Å². The molecule has 1 unspecified atom stereocenters. The SMILES string of the molecule is CC(Sc1nc2ccccc2o1)C(=O)N(CCC#N)c1ccccc1. The summed E-state index contributed by atoms with van der Waals surface area (Å²) in [5, 5.41) is 8.97. The van der Waals surface area contributed by atoms with Gasteiger partial charge in [-0.15, -0.1) is 0 Å². The van der Waals surface area contributed by atoms with Crippen molar-refractivity contribution in [1.82, 2.24) is 4.98 Å². The number of para-hydroxylation sites is 3. The van der Waals surface area contributed by atoms with Gasteiger partial charge in [-0.3, -0.25) is 4.79 Å². The second kappa shape index (κ2) is 7.86. The molecule has 25 heavy (non-hydrogen) atoms. The number of nitrogens with zero attached hydrogens (tertiary/aromatic N) is 3. The lowest BCUT2D eigenvalue weighted by Crippen LogP contribution is -2.37. The number of oxazole rings is 1. The number of carbonyl (C=O) groups is 1. The zero-order valence-corrected chi connectivity index (χ0v) is 14.6. The van der Waals surface area contributed by atoms with Crippen molar-refractivity contribution in [2.45, 2.75) is 23.8 Å². The zero-order chi connectivity index (χ0) is 17.6. The van der Waals surface area contributed by atoms with Gasteiger partial charge in [0.25, 0.3) is 5.22 Å². The van der Waals surface area contributed by atoms with E-state index < -0.39 is 0 Å². The van der Waals surface area contributed by atoms with Crippen LogP contribution in [0, 0.1) is 11.3 Å². The number of anilines is 1. The predicted molar refractivity (Wildman–Crippen MR) is 98.4 cm³/mol. The average Bonchev–Trinajstić information content (AvgIpc) is 3.05. The van der Waals surface area contributed by atoms with Crippen LogP contribution < -0.4 is 4.90 Å². The van der Waals surface area contributed by atoms with E-state index in [0.29, 0.717) is 17.4 Å². The molecule has 126 valence electrons. The fourth-order valence-electron chi connectivity index (χ4n) is 2.46. The van der Waals surface area contributed by atoms with E-state index in [1.165, 1.54) is 11.8 Å². The number of hydrogen-bond acceptors (Lipinski definition) is 5. The third-order valence-electron chi connectivity index (χ3n) is 3.68. The highest BCUT2D eigenvalue weighted by molar-refractivity contribution is 8.00. The topological polar surface area (TPSA) is 70.1 Å². The van der Waals surface area contributed by atoms with Crippen molar-refractivity contribution in [2.24, 2.45) is 0 Å². The van der Waals surface area contributed by atoms with Gasteiger partial charge in [-0.2, -0.15) is 5.26 Å². The molecule has 0 radical (unpaired) electrons. The second-order valence-electron chi connectivity index (χ2n) is 5.44. The summed E-state index contributed by atoms with van der Waals surface area (Å²) >= 11 is 1.28. The molecule has 0 aliphatic heterocycles. The molecule has 0 saturated heterocycles. The third-order valence-corrected chi connectivity index (χ3v) is 4.61. The molecule has 6 heteroatoms. The van der Waals surface area contributed by atoms with E-state index in [1.54, 1.807) is 4.90 Å². The number of rotatable bonds is 6. The molecular formula is C19H17N3O2S. The number of nitriles is 1. The Labute approximate surface area is 150 Å². The lowest BCUT2D eigenvalue weighted by atomic mass is 10.2. The first kappa shape index (κ1) is 17.1. The quantitative estimate of drug-likeness (QED) is 0.621. The van der Waals surface area contributed by atoms with Crippen molar-refractivity contribution in [3.8, 4) is 6.07 Å². The van der Waals surface area contributed by atoms with E-state index in [1.807, 2.05) is 61.5 Å². The lowest BCUT2D eigenvalue weighted by molar-refractivity contribution is -0.117. The van der Waals surface area contributed by atoms with Crippen LogP contribution in [0.15, 0.2) is 64.2 Å². The number of thioether (sulfide) groups is 1. The number of fused-ring (bicyclic) bond motifs is 1. The molecule has 0 fully saturated rings. The van der Waals surface area contributed by atoms with Gasteiger partial charge in [0.2, 0.25) is 5.91 Å². The van der Waals surface area contributed by atoms with Gasteiger partial charge in [-0.25, -0.2) is 4.98 Å². The van der Waals surface area contributed by atoms with Crippen molar-refractivity contribution < 1.29 is 9.21 Å². The Morgan fingerprint density at radius 2 is 1.96 bits per heavy atom. The van der Waals surface area contributed by atoms with E-state index in [0.717, 1.165) is 11.2 Å². The van der Waals surface area contributed by atoms with Crippen LogP contribution in [0.2, 0.25) is 0 Å². The van der Waals surface area contributed by atoms with Crippen LogP contribution in [-0.2, 0) is 4.79 Å². The largest absolute Gasteiger partial charge is 0.431 e. The van der Waals surface area contributed by atoms with Gasteiger partial charge < -0.3 is 9.32 Å². The number of hydrogen-bond donors (Lipinski definition) is 0. The Balaban J connectivity index is 1.77.